The van der Waals surface area contributed by atoms with E-state index < -0.39 is 9.84 Å². The van der Waals surface area contributed by atoms with Crippen molar-refractivity contribution in [1.29, 1.82) is 0 Å². The standard InChI is InChI=1S/C16H16N2O3S/c19-16(14-8-3-1-4-9-14)18-17-12-7-13-22(20,21)15-10-5-2-6-11-15/h1-6,8-12H,7,13H2,(H,18,19)/b17-12+. The normalized spacial score (nSPS) is 11.5. The first-order valence-electron chi connectivity index (χ1n) is 6.74. The highest BCUT2D eigenvalue weighted by Gasteiger charge is 2.12. The first-order chi connectivity index (χ1) is 10.6. The Morgan fingerprint density at radius 3 is 2.23 bits per heavy atom. The molecular formula is C16H16N2O3S. The molecule has 0 heterocycles. The van der Waals surface area contributed by atoms with Gasteiger partial charge in [-0.1, -0.05) is 36.4 Å². The van der Waals surface area contributed by atoms with Crippen molar-refractivity contribution in [1.82, 2.24) is 5.43 Å². The lowest BCUT2D eigenvalue weighted by Gasteiger charge is -2.02. The number of hydrazone groups is 1. The quantitative estimate of drug-likeness (QED) is 0.656. The average molecular weight is 316 g/mol. The highest BCUT2D eigenvalue weighted by atomic mass is 32.2. The Labute approximate surface area is 129 Å². The van der Waals surface area contributed by atoms with E-state index >= 15 is 0 Å². The molecule has 2 rings (SSSR count). The number of amides is 1. The summed E-state index contributed by atoms with van der Waals surface area (Å²) < 4.78 is 24.0. The SMILES string of the molecule is O=C(N/N=C/CCS(=O)(=O)c1ccccc1)c1ccccc1. The molecule has 0 aliphatic heterocycles. The summed E-state index contributed by atoms with van der Waals surface area (Å²) in [6.07, 6.45) is 1.62. The second-order valence-electron chi connectivity index (χ2n) is 4.54. The van der Waals surface area contributed by atoms with E-state index in [1.165, 1.54) is 6.21 Å². The van der Waals surface area contributed by atoms with Crippen LogP contribution in [0.3, 0.4) is 0 Å². The molecule has 0 fully saturated rings. The van der Waals surface area contributed by atoms with Gasteiger partial charge in [-0.2, -0.15) is 5.10 Å². The summed E-state index contributed by atoms with van der Waals surface area (Å²) in [4.78, 5) is 12.0. The molecule has 0 saturated carbocycles. The minimum atomic E-state index is -3.32. The molecule has 0 aliphatic carbocycles. The Morgan fingerprint density at radius 1 is 1.00 bits per heavy atom. The molecule has 5 nitrogen and oxygen atoms in total. The zero-order valence-corrected chi connectivity index (χ0v) is 12.7. The molecule has 2 aromatic rings. The van der Waals surface area contributed by atoms with Crippen LogP contribution in [0.5, 0.6) is 0 Å². The predicted octanol–water partition coefficient (Wildman–Crippen LogP) is 2.27. The van der Waals surface area contributed by atoms with Crippen LogP contribution in [0, 0.1) is 0 Å². The van der Waals surface area contributed by atoms with Gasteiger partial charge in [0.1, 0.15) is 0 Å². The maximum Gasteiger partial charge on any atom is 0.271 e. The third-order valence-electron chi connectivity index (χ3n) is 2.91. The third-order valence-corrected chi connectivity index (χ3v) is 4.67. The lowest BCUT2D eigenvalue weighted by atomic mass is 10.2. The van der Waals surface area contributed by atoms with Crippen LogP contribution in [0.2, 0.25) is 0 Å². The van der Waals surface area contributed by atoms with Gasteiger partial charge >= 0.3 is 0 Å². The fourth-order valence-electron chi connectivity index (χ4n) is 1.78. The molecule has 0 aliphatic rings. The largest absolute Gasteiger partial charge is 0.271 e. The van der Waals surface area contributed by atoms with Gasteiger partial charge in [0, 0.05) is 11.8 Å². The number of rotatable bonds is 6. The van der Waals surface area contributed by atoms with E-state index in [1.807, 2.05) is 6.07 Å². The number of nitrogens with zero attached hydrogens (tertiary/aromatic N) is 1. The molecule has 0 radical (unpaired) electrons. The summed E-state index contributed by atoms with van der Waals surface area (Å²) in [5.41, 5.74) is 2.86. The van der Waals surface area contributed by atoms with Crippen molar-refractivity contribution in [3.05, 3.63) is 66.2 Å². The molecule has 0 aromatic heterocycles. The number of nitrogens with one attached hydrogen (secondary N) is 1. The van der Waals surface area contributed by atoms with Gasteiger partial charge in [0.15, 0.2) is 9.84 Å². The van der Waals surface area contributed by atoms with Gasteiger partial charge < -0.3 is 0 Å². The van der Waals surface area contributed by atoms with Gasteiger partial charge in [0.2, 0.25) is 0 Å². The predicted molar refractivity (Wildman–Crippen MR) is 85.5 cm³/mol. The smallest absolute Gasteiger partial charge is 0.267 e. The summed E-state index contributed by atoms with van der Waals surface area (Å²) in [7, 11) is -3.32. The van der Waals surface area contributed by atoms with Crippen molar-refractivity contribution in [2.45, 2.75) is 11.3 Å². The minimum absolute atomic E-state index is 0.0538. The second-order valence-corrected chi connectivity index (χ2v) is 6.65. The second kappa shape index (κ2) is 7.51. The van der Waals surface area contributed by atoms with Crippen LogP contribution >= 0.6 is 0 Å². The zero-order valence-electron chi connectivity index (χ0n) is 11.8. The minimum Gasteiger partial charge on any atom is -0.267 e. The van der Waals surface area contributed by atoms with Gasteiger partial charge in [-0.05, 0) is 30.7 Å². The van der Waals surface area contributed by atoms with E-state index in [9.17, 15) is 13.2 Å². The van der Waals surface area contributed by atoms with Gasteiger partial charge in [0.25, 0.3) is 5.91 Å². The molecule has 1 amide bonds. The van der Waals surface area contributed by atoms with Crippen LogP contribution in [0.4, 0.5) is 0 Å². The summed E-state index contributed by atoms with van der Waals surface area (Å²) in [6.45, 7) is 0. The summed E-state index contributed by atoms with van der Waals surface area (Å²) in [5.74, 6) is -0.385. The monoisotopic (exact) mass is 316 g/mol. The number of carbonyl (C=O) groups excluding carboxylic acids is 1. The fourth-order valence-corrected chi connectivity index (χ4v) is 3.00. The van der Waals surface area contributed by atoms with Gasteiger partial charge in [0.05, 0.1) is 10.6 Å². The molecule has 1 N–H and O–H groups in total. The molecule has 2 aromatic carbocycles. The Kier molecular flexibility index (Phi) is 5.43. The van der Waals surface area contributed by atoms with Crippen molar-refractivity contribution < 1.29 is 13.2 Å². The number of hydrogen-bond donors (Lipinski definition) is 1. The molecule has 6 heteroatoms. The van der Waals surface area contributed by atoms with Crippen LogP contribution in [-0.2, 0) is 9.84 Å². The topological polar surface area (TPSA) is 75.6 Å². The number of benzene rings is 2. The number of carbonyl (C=O) groups is 1. The van der Waals surface area contributed by atoms with E-state index in [2.05, 4.69) is 10.5 Å². The molecule has 0 bridgehead atoms. The van der Waals surface area contributed by atoms with Crippen molar-refractivity contribution in [2.24, 2.45) is 5.10 Å². The first-order valence-corrected chi connectivity index (χ1v) is 8.39. The van der Waals surface area contributed by atoms with Crippen molar-refractivity contribution in [3.63, 3.8) is 0 Å². The molecule has 0 atom stereocenters. The number of hydrogen-bond acceptors (Lipinski definition) is 4. The highest BCUT2D eigenvalue weighted by Crippen LogP contribution is 2.10. The molecule has 0 unspecified atom stereocenters. The van der Waals surface area contributed by atoms with Crippen LogP contribution < -0.4 is 5.43 Å². The van der Waals surface area contributed by atoms with Gasteiger partial charge in [-0.3, -0.25) is 4.79 Å². The Morgan fingerprint density at radius 2 is 1.59 bits per heavy atom. The van der Waals surface area contributed by atoms with E-state index in [0.29, 0.717) is 5.56 Å². The van der Waals surface area contributed by atoms with E-state index in [-0.39, 0.29) is 23.0 Å². The highest BCUT2D eigenvalue weighted by molar-refractivity contribution is 7.91. The lowest BCUT2D eigenvalue weighted by Crippen LogP contribution is -2.17. The maximum atomic E-state index is 12.0. The van der Waals surface area contributed by atoms with Crippen molar-refractivity contribution >= 4 is 22.0 Å². The molecule has 22 heavy (non-hydrogen) atoms. The Balaban J connectivity index is 1.83. The molecule has 114 valence electrons. The summed E-state index contributed by atoms with van der Waals surface area (Å²) >= 11 is 0. The van der Waals surface area contributed by atoms with Crippen molar-refractivity contribution in [3.8, 4) is 0 Å². The Bertz CT molecular complexity index is 741. The van der Waals surface area contributed by atoms with E-state index in [1.54, 1.807) is 54.6 Å². The van der Waals surface area contributed by atoms with Crippen molar-refractivity contribution in [2.75, 3.05) is 5.75 Å². The van der Waals surface area contributed by atoms with E-state index in [4.69, 9.17) is 0 Å². The van der Waals surface area contributed by atoms with E-state index in [0.717, 1.165) is 0 Å². The van der Waals surface area contributed by atoms with Gasteiger partial charge in [-0.15, -0.1) is 0 Å². The zero-order chi connectivity index (χ0) is 15.8. The maximum absolute atomic E-state index is 12.0. The van der Waals surface area contributed by atoms with Crippen LogP contribution in [0.25, 0.3) is 0 Å². The van der Waals surface area contributed by atoms with Crippen LogP contribution in [0.15, 0.2) is 70.7 Å². The lowest BCUT2D eigenvalue weighted by molar-refractivity contribution is 0.0955. The fraction of sp³-hybridized carbons (Fsp3) is 0.125. The Hall–Kier alpha value is -2.47. The molecule has 0 spiro atoms. The van der Waals surface area contributed by atoms with Crippen LogP contribution in [0.1, 0.15) is 16.8 Å². The summed E-state index contributed by atoms with van der Waals surface area (Å²) in [5, 5.41) is 3.76. The van der Waals surface area contributed by atoms with Gasteiger partial charge in [-0.25, -0.2) is 13.8 Å². The first kappa shape index (κ1) is 15.9. The van der Waals surface area contributed by atoms with Crippen LogP contribution in [-0.4, -0.2) is 26.3 Å². The number of sulfone groups is 1. The molecular weight excluding hydrogens is 300 g/mol. The third kappa shape index (κ3) is 4.53. The average Bonchev–Trinajstić information content (AvgIpc) is 2.56. The molecule has 0 saturated heterocycles. The summed E-state index contributed by atoms with van der Waals surface area (Å²) in [6, 6.07) is 16.9.